The van der Waals surface area contributed by atoms with E-state index < -0.39 is 0 Å². The molecule has 88 valence electrons. The second-order valence-corrected chi connectivity index (χ2v) is 3.71. The number of guanidine groups is 1. The smallest absolute Gasteiger partial charge is 0.191 e. The Morgan fingerprint density at radius 3 is 3.00 bits per heavy atom. The van der Waals surface area contributed by atoms with Gasteiger partial charge in [0.15, 0.2) is 5.96 Å². The normalized spacial score (nSPS) is 10.1. The lowest BCUT2D eigenvalue weighted by Crippen LogP contribution is -2.38. The molecule has 0 fully saturated rings. The van der Waals surface area contributed by atoms with Crippen molar-refractivity contribution in [3.8, 4) is 12.3 Å². The van der Waals surface area contributed by atoms with Crippen molar-refractivity contribution in [2.24, 2.45) is 4.99 Å². The first-order valence-electron chi connectivity index (χ1n) is 4.63. The molecule has 1 rings (SSSR count). The van der Waals surface area contributed by atoms with Crippen molar-refractivity contribution in [3.63, 3.8) is 0 Å². The minimum absolute atomic E-state index is 0. The topological polar surface area (TPSA) is 49.3 Å². The Balaban J connectivity index is 0.00000225. The maximum Gasteiger partial charge on any atom is 0.191 e. The summed E-state index contributed by atoms with van der Waals surface area (Å²) < 4.78 is 0. The number of rotatable bonds is 4. The first-order chi connectivity index (χ1) is 7.36. The molecule has 6 heteroatoms. The van der Waals surface area contributed by atoms with Gasteiger partial charge in [-0.2, -0.15) is 0 Å². The highest BCUT2D eigenvalue weighted by Gasteiger charge is 1.97. The van der Waals surface area contributed by atoms with Crippen LogP contribution in [0.15, 0.2) is 16.6 Å². The van der Waals surface area contributed by atoms with Crippen LogP contribution in [0.4, 0.5) is 0 Å². The lowest BCUT2D eigenvalue weighted by molar-refractivity contribution is 0.820. The van der Waals surface area contributed by atoms with Gasteiger partial charge >= 0.3 is 0 Å². The fourth-order valence-electron chi connectivity index (χ4n) is 1.02. The molecule has 1 aromatic rings. The van der Waals surface area contributed by atoms with Crippen LogP contribution in [0.5, 0.6) is 0 Å². The standard InChI is InChI=1S/C10H14N4S.HI/c1-3-5-13-10(11-2)14-6-4-9-12-7-8-15-9;/h1,7-8H,4-6H2,2H3,(H2,11,13,14);1H. The summed E-state index contributed by atoms with van der Waals surface area (Å²) in [4.78, 5) is 8.21. The van der Waals surface area contributed by atoms with E-state index >= 15 is 0 Å². The Labute approximate surface area is 117 Å². The summed E-state index contributed by atoms with van der Waals surface area (Å²) >= 11 is 1.66. The summed E-state index contributed by atoms with van der Waals surface area (Å²) in [6.07, 6.45) is 7.84. The van der Waals surface area contributed by atoms with Crippen LogP contribution >= 0.6 is 35.3 Å². The molecular weight excluding hydrogens is 335 g/mol. The van der Waals surface area contributed by atoms with Crippen LogP contribution in [-0.2, 0) is 6.42 Å². The zero-order valence-corrected chi connectivity index (χ0v) is 12.2. The fraction of sp³-hybridized carbons (Fsp3) is 0.400. The Morgan fingerprint density at radius 1 is 1.62 bits per heavy atom. The molecule has 0 saturated carbocycles. The van der Waals surface area contributed by atoms with Crippen LogP contribution in [0.3, 0.4) is 0 Å². The number of hydrogen-bond donors (Lipinski definition) is 2. The number of aliphatic imine (C=N–C) groups is 1. The molecule has 0 unspecified atom stereocenters. The molecule has 2 N–H and O–H groups in total. The van der Waals surface area contributed by atoms with Crippen molar-refractivity contribution in [2.75, 3.05) is 20.1 Å². The van der Waals surface area contributed by atoms with Crippen LogP contribution in [0.1, 0.15) is 5.01 Å². The second-order valence-electron chi connectivity index (χ2n) is 2.73. The number of aromatic nitrogens is 1. The molecule has 0 amide bonds. The van der Waals surface area contributed by atoms with Gasteiger partial charge in [0.1, 0.15) is 0 Å². The van der Waals surface area contributed by atoms with Gasteiger partial charge in [0.2, 0.25) is 0 Å². The van der Waals surface area contributed by atoms with Gasteiger partial charge in [0.25, 0.3) is 0 Å². The second kappa shape index (κ2) is 9.42. The lowest BCUT2D eigenvalue weighted by atomic mass is 10.4. The van der Waals surface area contributed by atoms with Crippen LogP contribution in [0.25, 0.3) is 0 Å². The van der Waals surface area contributed by atoms with Crippen LogP contribution in [0, 0.1) is 12.3 Å². The van der Waals surface area contributed by atoms with E-state index in [4.69, 9.17) is 6.42 Å². The molecule has 0 aromatic carbocycles. The first kappa shape index (κ1) is 15.2. The Hall–Kier alpha value is -0.810. The van der Waals surface area contributed by atoms with Crippen molar-refractivity contribution >= 4 is 41.3 Å². The predicted octanol–water partition coefficient (Wildman–Crippen LogP) is 1.10. The molecule has 4 nitrogen and oxygen atoms in total. The number of thiazole rings is 1. The number of nitrogens with one attached hydrogen (secondary N) is 2. The highest BCUT2D eigenvalue weighted by Crippen LogP contribution is 2.03. The van der Waals surface area contributed by atoms with E-state index in [0.717, 1.165) is 23.9 Å². The quantitative estimate of drug-likeness (QED) is 0.370. The average molecular weight is 350 g/mol. The zero-order chi connectivity index (χ0) is 10.9. The van der Waals surface area contributed by atoms with Crippen LogP contribution in [-0.4, -0.2) is 31.1 Å². The summed E-state index contributed by atoms with van der Waals surface area (Å²) in [5.74, 6) is 3.22. The number of terminal acetylenes is 1. The minimum atomic E-state index is 0. The molecule has 0 atom stereocenters. The Kier molecular flexibility index (Phi) is 8.94. The van der Waals surface area contributed by atoms with Gasteiger partial charge in [-0.3, -0.25) is 4.99 Å². The molecule has 0 aliphatic rings. The zero-order valence-electron chi connectivity index (χ0n) is 9.06. The molecule has 0 aliphatic heterocycles. The van der Waals surface area contributed by atoms with Crippen molar-refractivity contribution in [1.82, 2.24) is 15.6 Å². The van der Waals surface area contributed by atoms with Gasteiger partial charge in [-0.1, -0.05) is 5.92 Å². The average Bonchev–Trinajstić information content (AvgIpc) is 2.76. The maximum atomic E-state index is 5.13. The molecule has 0 aliphatic carbocycles. The van der Waals surface area contributed by atoms with Gasteiger partial charge < -0.3 is 10.6 Å². The maximum absolute atomic E-state index is 5.13. The monoisotopic (exact) mass is 350 g/mol. The molecule has 1 heterocycles. The van der Waals surface area contributed by atoms with Gasteiger partial charge in [0, 0.05) is 31.6 Å². The highest BCUT2D eigenvalue weighted by atomic mass is 127. The molecular formula is C10H15IN4S. The molecule has 1 aromatic heterocycles. The molecule has 16 heavy (non-hydrogen) atoms. The van der Waals surface area contributed by atoms with E-state index in [0.29, 0.717) is 6.54 Å². The van der Waals surface area contributed by atoms with E-state index in [1.807, 2.05) is 11.6 Å². The van der Waals surface area contributed by atoms with Crippen LogP contribution in [0.2, 0.25) is 0 Å². The SMILES string of the molecule is C#CCNC(=NC)NCCc1nccs1.I. The third-order valence-corrected chi connectivity index (χ3v) is 2.54. The van der Waals surface area contributed by atoms with Crippen molar-refractivity contribution < 1.29 is 0 Å². The summed E-state index contributed by atoms with van der Waals surface area (Å²) in [6, 6.07) is 0. The largest absolute Gasteiger partial charge is 0.356 e. The van der Waals surface area contributed by atoms with E-state index in [9.17, 15) is 0 Å². The molecule has 0 radical (unpaired) electrons. The summed E-state index contributed by atoms with van der Waals surface area (Å²) in [5, 5.41) is 9.23. The Morgan fingerprint density at radius 2 is 2.44 bits per heavy atom. The third-order valence-electron chi connectivity index (χ3n) is 1.70. The number of halogens is 1. The fourth-order valence-corrected chi connectivity index (χ4v) is 1.64. The van der Waals surface area contributed by atoms with E-state index in [-0.39, 0.29) is 24.0 Å². The Bertz CT molecular complexity index is 342. The molecule has 0 bridgehead atoms. The molecule has 0 spiro atoms. The van der Waals surface area contributed by atoms with Crippen molar-refractivity contribution in [3.05, 3.63) is 16.6 Å². The minimum Gasteiger partial charge on any atom is -0.356 e. The van der Waals surface area contributed by atoms with Gasteiger partial charge in [-0.25, -0.2) is 4.98 Å². The predicted molar refractivity (Wildman–Crippen MR) is 79.4 cm³/mol. The van der Waals surface area contributed by atoms with E-state index in [2.05, 4.69) is 26.5 Å². The highest BCUT2D eigenvalue weighted by molar-refractivity contribution is 14.0. The van der Waals surface area contributed by atoms with E-state index in [1.54, 1.807) is 18.4 Å². The third kappa shape index (κ3) is 5.92. The van der Waals surface area contributed by atoms with Crippen molar-refractivity contribution in [2.45, 2.75) is 6.42 Å². The van der Waals surface area contributed by atoms with E-state index in [1.165, 1.54) is 0 Å². The first-order valence-corrected chi connectivity index (χ1v) is 5.51. The van der Waals surface area contributed by atoms with Gasteiger partial charge in [-0.15, -0.1) is 41.7 Å². The summed E-state index contributed by atoms with van der Waals surface area (Å²) in [7, 11) is 1.72. The van der Waals surface area contributed by atoms with Gasteiger partial charge in [-0.05, 0) is 0 Å². The van der Waals surface area contributed by atoms with Gasteiger partial charge in [0.05, 0.1) is 11.6 Å². The molecule has 0 saturated heterocycles. The lowest BCUT2D eigenvalue weighted by Gasteiger charge is -2.08. The number of hydrogen-bond acceptors (Lipinski definition) is 3. The summed E-state index contributed by atoms with van der Waals surface area (Å²) in [5.41, 5.74) is 0. The van der Waals surface area contributed by atoms with Crippen LogP contribution < -0.4 is 10.6 Å². The summed E-state index contributed by atoms with van der Waals surface area (Å²) in [6.45, 7) is 1.29. The van der Waals surface area contributed by atoms with Crippen molar-refractivity contribution in [1.29, 1.82) is 0 Å². The number of nitrogens with zero attached hydrogens (tertiary/aromatic N) is 2.